The Kier molecular flexibility index (Phi) is 9.81. The van der Waals surface area contributed by atoms with Crippen molar-refractivity contribution < 1.29 is 41.3 Å². The summed E-state index contributed by atoms with van der Waals surface area (Å²) in [5.41, 5.74) is -2.38. The summed E-state index contributed by atoms with van der Waals surface area (Å²) < 4.78 is 45.2. The van der Waals surface area contributed by atoms with Gasteiger partial charge >= 0.3 is 16.3 Å². The van der Waals surface area contributed by atoms with Crippen LogP contribution in [0.3, 0.4) is 0 Å². The molecule has 12 nitrogen and oxygen atoms in total. The molecule has 2 amide bonds. The van der Waals surface area contributed by atoms with Gasteiger partial charge in [0.05, 0.1) is 35.9 Å². The minimum atomic E-state index is -4.39. The highest BCUT2D eigenvalue weighted by molar-refractivity contribution is 7.85. The second kappa shape index (κ2) is 13.4. The van der Waals surface area contributed by atoms with E-state index in [0.717, 1.165) is 29.2 Å². The summed E-state index contributed by atoms with van der Waals surface area (Å²) in [7, 11) is -4.39. The number of fused-ring (bicyclic) bond motifs is 1. The van der Waals surface area contributed by atoms with Crippen molar-refractivity contribution in [2.45, 2.75) is 130 Å². The predicted octanol–water partition coefficient (Wildman–Crippen LogP) is 5.59. The highest BCUT2D eigenvalue weighted by atomic mass is 32.2. The van der Waals surface area contributed by atoms with Crippen molar-refractivity contribution in [2.75, 3.05) is 6.54 Å². The SMILES string of the molecule is Cc1ccc2c(O[C@@H]3C[C@@H](C(=O)C[C@]4(C(=O)NS(=O)(=O)OC5(C)CC5)C[C@H]4C4CC4)N(C(=O)[C@@H](CC(=O)OC(C)(C)C)C(C)(C)C)C3)nccc2c1. The number of ketones is 1. The Labute approximate surface area is 307 Å². The molecule has 2 aromatic rings. The van der Waals surface area contributed by atoms with Gasteiger partial charge in [0.1, 0.15) is 11.7 Å². The Bertz CT molecular complexity index is 1870. The molecule has 6 rings (SSSR count). The number of ether oxygens (including phenoxy) is 2. The van der Waals surface area contributed by atoms with Crippen LogP contribution in [0.1, 0.15) is 105 Å². The number of aryl methyl sites for hydroxylation is 1. The predicted molar refractivity (Wildman–Crippen MR) is 193 cm³/mol. The van der Waals surface area contributed by atoms with Crippen LogP contribution in [0, 0.1) is 35.5 Å². The first-order valence-corrected chi connectivity index (χ1v) is 19.8. The fourth-order valence-electron chi connectivity index (χ4n) is 7.65. The number of carbonyl (C=O) groups excluding carboxylic acids is 4. The Morgan fingerprint density at radius 2 is 1.75 bits per heavy atom. The van der Waals surface area contributed by atoms with Crippen molar-refractivity contribution in [1.82, 2.24) is 14.6 Å². The lowest BCUT2D eigenvalue weighted by Gasteiger charge is -2.35. The van der Waals surface area contributed by atoms with Crippen LogP contribution in [0.5, 0.6) is 5.88 Å². The van der Waals surface area contributed by atoms with Crippen molar-refractivity contribution in [1.29, 1.82) is 0 Å². The third-order valence-electron chi connectivity index (χ3n) is 11.0. The van der Waals surface area contributed by atoms with Gasteiger partial charge in [0, 0.05) is 24.4 Å². The molecule has 284 valence electrons. The monoisotopic (exact) mass is 739 g/mol. The number of nitrogens with one attached hydrogen (secondary N) is 1. The maximum Gasteiger partial charge on any atom is 0.362 e. The molecule has 4 aliphatic rings. The Morgan fingerprint density at radius 3 is 2.37 bits per heavy atom. The second-order valence-corrected chi connectivity index (χ2v) is 19.2. The van der Waals surface area contributed by atoms with Gasteiger partial charge in [0.25, 0.3) is 0 Å². The number of rotatable bonds is 13. The first kappa shape index (κ1) is 38.2. The van der Waals surface area contributed by atoms with Crippen LogP contribution in [-0.4, -0.2) is 71.8 Å². The van der Waals surface area contributed by atoms with Crippen LogP contribution in [0.25, 0.3) is 10.8 Å². The van der Waals surface area contributed by atoms with Gasteiger partial charge in [0.15, 0.2) is 5.78 Å². The molecule has 0 radical (unpaired) electrons. The largest absolute Gasteiger partial charge is 0.472 e. The number of hydrogen-bond acceptors (Lipinski definition) is 10. The van der Waals surface area contributed by atoms with E-state index in [1.165, 1.54) is 4.90 Å². The van der Waals surface area contributed by atoms with Crippen LogP contribution in [0.15, 0.2) is 30.5 Å². The summed E-state index contributed by atoms with van der Waals surface area (Å²) in [6.07, 6.45) is 4.12. The van der Waals surface area contributed by atoms with Crippen molar-refractivity contribution in [3.8, 4) is 5.88 Å². The minimum absolute atomic E-state index is 0.0616. The molecule has 3 saturated carbocycles. The molecule has 0 bridgehead atoms. The average Bonchev–Trinajstić information content (AvgIpc) is 3.95. The maximum absolute atomic E-state index is 14.6. The van der Waals surface area contributed by atoms with Gasteiger partial charge in [-0.15, -0.1) is 0 Å². The van der Waals surface area contributed by atoms with E-state index in [2.05, 4.69) is 9.71 Å². The van der Waals surface area contributed by atoms with Crippen LogP contribution < -0.4 is 9.46 Å². The standard InChI is InChI=1S/C39H53N3O9S/c1-23-9-12-27-25(17-23)13-16-40-33(27)49-26-18-30(42(22-26)34(45)28(36(2,3)4)19-32(44)50-37(5,6)7)31(43)21-39(20-29(39)24-10-11-24)35(46)41-52(47,48)51-38(8)14-15-38/h9,12-13,16-17,24,26,28-30H,10-11,14-15,18-22H2,1-8H3,(H,41,46)/t26-,28-,29+,30+,39-/m1/s1. The number of aromatic nitrogens is 1. The number of hydrogen-bond donors (Lipinski definition) is 1. The summed E-state index contributed by atoms with van der Waals surface area (Å²) in [6, 6.07) is 6.84. The number of benzene rings is 1. The van der Waals surface area contributed by atoms with Gasteiger partial charge in [-0.2, -0.15) is 8.42 Å². The number of nitrogens with zero attached hydrogens (tertiary/aromatic N) is 2. The smallest absolute Gasteiger partial charge is 0.362 e. The van der Waals surface area contributed by atoms with Crippen LogP contribution in [-0.2, 0) is 38.4 Å². The Balaban J connectivity index is 1.28. The van der Waals surface area contributed by atoms with E-state index in [1.807, 2.05) is 52.0 Å². The highest BCUT2D eigenvalue weighted by Crippen LogP contribution is 2.65. The van der Waals surface area contributed by atoms with Crippen LogP contribution >= 0.6 is 0 Å². The van der Waals surface area contributed by atoms with Gasteiger partial charge in [-0.25, -0.2) is 13.9 Å². The van der Waals surface area contributed by atoms with E-state index in [0.29, 0.717) is 25.1 Å². The quantitative estimate of drug-likeness (QED) is 0.257. The molecule has 1 aromatic heterocycles. The summed E-state index contributed by atoms with van der Waals surface area (Å²) in [5, 5.41) is 1.73. The highest BCUT2D eigenvalue weighted by Gasteiger charge is 2.66. The molecule has 52 heavy (non-hydrogen) atoms. The number of esters is 1. The normalized spacial score (nSPS) is 26.1. The van der Waals surface area contributed by atoms with Gasteiger partial charge in [-0.3, -0.25) is 19.2 Å². The Morgan fingerprint density at radius 1 is 1.06 bits per heavy atom. The topological polar surface area (TPSA) is 158 Å². The van der Waals surface area contributed by atoms with Crippen LogP contribution in [0.4, 0.5) is 0 Å². The number of Topliss-reactive ketones (excluding diaryl/α,β-unsaturated/α-hetero) is 1. The van der Waals surface area contributed by atoms with E-state index in [-0.39, 0.29) is 49.3 Å². The van der Waals surface area contributed by atoms with E-state index in [1.54, 1.807) is 33.9 Å². The van der Waals surface area contributed by atoms with Crippen LogP contribution in [0.2, 0.25) is 0 Å². The number of pyridine rings is 1. The van der Waals surface area contributed by atoms with E-state index >= 15 is 0 Å². The zero-order valence-corrected chi connectivity index (χ0v) is 32.4. The molecular weight excluding hydrogens is 687 g/mol. The third kappa shape index (κ3) is 8.62. The maximum atomic E-state index is 14.6. The summed E-state index contributed by atoms with van der Waals surface area (Å²) >= 11 is 0. The fourth-order valence-corrected chi connectivity index (χ4v) is 8.82. The van der Waals surface area contributed by atoms with E-state index in [9.17, 15) is 27.6 Å². The summed E-state index contributed by atoms with van der Waals surface area (Å²) in [4.78, 5) is 62.0. The van der Waals surface area contributed by atoms with Gasteiger partial charge < -0.3 is 14.4 Å². The molecule has 1 aromatic carbocycles. The number of amides is 2. The minimum Gasteiger partial charge on any atom is -0.472 e. The van der Waals surface area contributed by atoms with Gasteiger partial charge in [-0.05, 0) is 101 Å². The van der Waals surface area contributed by atoms with Crippen molar-refractivity contribution in [2.24, 2.45) is 28.6 Å². The van der Waals surface area contributed by atoms with E-state index in [4.69, 9.17) is 13.7 Å². The first-order valence-electron chi connectivity index (χ1n) is 18.4. The Hall–Kier alpha value is -3.58. The lowest BCUT2D eigenvalue weighted by Crippen LogP contribution is -2.49. The van der Waals surface area contributed by atoms with Gasteiger partial charge in [-0.1, -0.05) is 38.5 Å². The molecule has 5 atom stereocenters. The van der Waals surface area contributed by atoms with Crippen molar-refractivity contribution in [3.05, 3.63) is 36.0 Å². The molecule has 3 aliphatic carbocycles. The number of likely N-dealkylation sites (tertiary alicyclic amines) is 1. The molecule has 4 fully saturated rings. The van der Waals surface area contributed by atoms with Gasteiger partial charge in [0.2, 0.25) is 17.7 Å². The lowest BCUT2D eigenvalue weighted by atomic mass is 9.77. The van der Waals surface area contributed by atoms with E-state index < -0.39 is 62.3 Å². The molecule has 0 unspecified atom stereocenters. The molecule has 1 saturated heterocycles. The fraction of sp³-hybridized carbons (Fsp3) is 0.667. The molecule has 1 N–H and O–H groups in total. The lowest BCUT2D eigenvalue weighted by molar-refractivity contribution is -0.161. The summed E-state index contributed by atoms with van der Waals surface area (Å²) in [5.74, 6) is -2.33. The third-order valence-corrected chi connectivity index (χ3v) is 12.0. The molecule has 2 heterocycles. The van der Waals surface area contributed by atoms with Crippen molar-refractivity contribution in [3.63, 3.8) is 0 Å². The zero-order valence-electron chi connectivity index (χ0n) is 31.6. The molecule has 13 heteroatoms. The number of carbonyl (C=O) groups is 4. The molecule has 1 aliphatic heterocycles. The average molecular weight is 740 g/mol. The molecular formula is C39H53N3O9S. The zero-order chi connectivity index (χ0) is 38.0. The summed E-state index contributed by atoms with van der Waals surface area (Å²) in [6.45, 7) is 14.6. The van der Waals surface area contributed by atoms with Crippen molar-refractivity contribution >= 4 is 44.6 Å². The first-order chi connectivity index (χ1) is 24.1. The molecule has 0 spiro atoms. The second-order valence-electron chi connectivity index (χ2n) is 17.9.